The van der Waals surface area contributed by atoms with E-state index in [1.54, 1.807) is 0 Å². The molecular weight excluding hydrogens is 126 g/mol. The first-order valence-corrected chi connectivity index (χ1v) is 3.42. The number of nitrogens with one attached hydrogen (secondary N) is 1. The zero-order valence-corrected chi connectivity index (χ0v) is 5.50. The molecule has 2 atom stereocenters. The summed E-state index contributed by atoms with van der Waals surface area (Å²) in [4.78, 5) is 11.0. The quantitative estimate of drug-likeness (QED) is 0.506. The number of fused-ring (bicyclic) bond motifs is 1. The minimum absolute atomic E-state index is 0.0602. The predicted octanol–water partition coefficient (Wildman–Crippen LogP) is 0.278. The van der Waals surface area contributed by atoms with E-state index < -0.39 is 0 Å². The second-order valence-electron chi connectivity index (χ2n) is 2.60. The van der Waals surface area contributed by atoms with Crippen LogP contribution in [0.4, 0.5) is 0 Å². The smallest absolute Gasteiger partial charge is 0.227 e. The molecule has 0 aromatic heterocycles. The summed E-state index contributed by atoms with van der Waals surface area (Å²) in [5, 5.41) is 2.79. The van der Waals surface area contributed by atoms with Crippen molar-refractivity contribution in [3.8, 4) is 0 Å². The van der Waals surface area contributed by atoms with Crippen molar-refractivity contribution in [2.24, 2.45) is 11.8 Å². The van der Waals surface area contributed by atoms with Gasteiger partial charge in [-0.1, -0.05) is 18.2 Å². The molecule has 0 saturated carbocycles. The van der Waals surface area contributed by atoms with Crippen molar-refractivity contribution in [3.05, 3.63) is 24.3 Å². The van der Waals surface area contributed by atoms with Gasteiger partial charge in [-0.05, 0) is 6.08 Å². The van der Waals surface area contributed by atoms with Gasteiger partial charge in [0.2, 0.25) is 5.91 Å². The van der Waals surface area contributed by atoms with Gasteiger partial charge in [-0.2, -0.15) is 0 Å². The third kappa shape index (κ3) is 0.685. The van der Waals surface area contributed by atoms with E-state index in [1.807, 2.05) is 18.2 Å². The Labute approximate surface area is 59.6 Å². The highest BCUT2D eigenvalue weighted by Crippen LogP contribution is 2.22. The molecule has 10 heavy (non-hydrogen) atoms. The van der Waals surface area contributed by atoms with Crippen molar-refractivity contribution < 1.29 is 4.79 Å². The van der Waals surface area contributed by atoms with Crippen molar-refractivity contribution in [1.29, 1.82) is 0 Å². The molecule has 1 radical (unpaired) electrons. The Hall–Kier alpha value is -1.05. The normalized spacial score (nSPS) is 35.8. The topological polar surface area (TPSA) is 29.1 Å². The van der Waals surface area contributed by atoms with E-state index in [0.29, 0.717) is 0 Å². The van der Waals surface area contributed by atoms with Crippen molar-refractivity contribution in [2.45, 2.75) is 0 Å². The zero-order valence-electron chi connectivity index (χ0n) is 5.50. The van der Waals surface area contributed by atoms with E-state index in [9.17, 15) is 4.79 Å². The summed E-state index contributed by atoms with van der Waals surface area (Å²) in [5.74, 6) is 0.490. The minimum atomic E-state index is 0.0602. The zero-order chi connectivity index (χ0) is 6.97. The molecule has 1 heterocycles. The standard InChI is InChI=1S/C8H8NO/c10-8-7-4-2-1-3-6(7)5-9-8/h1-2,4,6-7H,5H2,(H,9,10). The first kappa shape index (κ1) is 5.71. The molecule has 1 N–H and O–H groups in total. The summed E-state index contributed by atoms with van der Waals surface area (Å²) in [6.45, 7) is 0.754. The molecule has 0 aromatic rings. The first-order valence-electron chi connectivity index (χ1n) is 3.42. The monoisotopic (exact) mass is 134 g/mol. The highest BCUT2D eigenvalue weighted by molar-refractivity contribution is 5.83. The number of carbonyl (C=O) groups excluding carboxylic acids is 1. The van der Waals surface area contributed by atoms with Crippen LogP contribution in [0.1, 0.15) is 0 Å². The summed E-state index contributed by atoms with van der Waals surface area (Å²) in [6.07, 6.45) is 8.81. The van der Waals surface area contributed by atoms with Gasteiger partial charge in [-0.3, -0.25) is 4.79 Å². The Kier molecular flexibility index (Phi) is 1.13. The van der Waals surface area contributed by atoms with Gasteiger partial charge < -0.3 is 5.32 Å². The Balaban J connectivity index is 2.27. The summed E-state index contributed by atoms with van der Waals surface area (Å²) in [5.41, 5.74) is 0. The lowest BCUT2D eigenvalue weighted by molar-refractivity contribution is -0.121. The highest BCUT2D eigenvalue weighted by atomic mass is 16.2. The van der Waals surface area contributed by atoms with E-state index in [1.165, 1.54) is 0 Å². The van der Waals surface area contributed by atoms with Gasteiger partial charge in [-0.25, -0.2) is 0 Å². The van der Waals surface area contributed by atoms with Crippen LogP contribution in [-0.2, 0) is 4.79 Å². The van der Waals surface area contributed by atoms with Crippen LogP contribution in [-0.4, -0.2) is 12.5 Å². The molecule has 2 unspecified atom stereocenters. The van der Waals surface area contributed by atoms with E-state index in [2.05, 4.69) is 11.4 Å². The van der Waals surface area contributed by atoms with Crippen LogP contribution in [0.2, 0.25) is 0 Å². The molecule has 1 aliphatic carbocycles. The fourth-order valence-corrected chi connectivity index (χ4v) is 1.38. The average molecular weight is 134 g/mol. The maximum atomic E-state index is 11.0. The van der Waals surface area contributed by atoms with Crippen LogP contribution in [0, 0.1) is 17.9 Å². The van der Waals surface area contributed by atoms with Crippen molar-refractivity contribution in [2.75, 3.05) is 6.54 Å². The lowest BCUT2D eigenvalue weighted by Crippen LogP contribution is -2.18. The van der Waals surface area contributed by atoms with Crippen LogP contribution in [0.3, 0.4) is 0 Å². The summed E-state index contributed by atoms with van der Waals surface area (Å²) in [6, 6.07) is 0. The van der Waals surface area contributed by atoms with Crippen molar-refractivity contribution in [1.82, 2.24) is 5.32 Å². The molecule has 1 saturated heterocycles. The van der Waals surface area contributed by atoms with E-state index in [-0.39, 0.29) is 17.7 Å². The molecule has 2 aliphatic rings. The maximum Gasteiger partial charge on any atom is 0.227 e. The summed E-state index contributed by atoms with van der Waals surface area (Å²) >= 11 is 0. The second kappa shape index (κ2) is 1.97. The van der Waals surface area contributed by atoms with Gasteiger partial charge in [0, 0.05) is 12.5 Å². The molecule has 2 rings (SSSR count). The van der Waals surface area contributed by atoms with E-state index in [4.69, 9.17) is 0 Å². The number of carbonyl (C=O) groups is 1. The van der Waals surface area contributed by atoms with Gasteiger partial charge in [0.25, 0.3) is 0 Å². The Morgan fingerprint density at radius 1 is 1.70 bits per heavy atom. The molecular formula is C8H8NO. The lowest BCUT2D eigenvalue weighted by Gasteiger charge is -2.09. The van der Waals surface area contributed by atoms with Crippen LogP contribution < -0.4 is 5.32 Å². The van der Waals surface area contributed by atoms with Gasteiger partial charge in [0.05, 0.1) is 5.92 Å². The SMILES string of the molecule is O=C1NCC2[C]=CC=CC12. The van der Waals surface area contributed by atoms with Crippen LogP contribution in [0.15, 0.2) is 18.2 Å². The maximum absolute atomic E-state index is 11.0. The van der Waals surface area contributed by atoms with Gasteiger partial charge >= 0.3 is 0 Å². The molecule has 1 aliphatic heterocycles. The van der Waals surface area contributed by atoms with Crippen LogP contribution in [0.25, 0.3) is 0 Å². The number of allylic oxidation sites excluding steroid dienone is 2. The lowest BCUT2D eigenvalue weighted by atomic mass is 9.92. The van der Waals surface area contributed by atoms with Crippen LogP contribution in [0.5, 0.6) is 0 Å². The largest absolute Gasteiger partial charge is 0.355 e. The number of hydrogen-bond donors (Lipinski definition) is 1. The average Bonchev–Trinajstić information content (AvgIpc) is 2.34. The molecule has 0 bridgehead atoms. The number of amides is 1. The molecule has 0 aromatic carbocycles. The van der Waals surface area contributed by atoms with Gasteiger partial charge in [-0.15, -0.1) is 0 Å². The molecule has 0 spiro atoms. The third-order valence-corrected chi connectivity index (χ3v) is 1.96. The van der Waals surface area contributed by atoms with E-state index >= 15 is 0 Å². The Morgan fingerprint density at radius 3 is 3.40 bits per heavy atom. The number of rotatable bonds is 0. The van der Waals surface area contributed by atoms with Gasteiger partial charge in [0.1, 0.15) is 0 Å². The third-order valence-electron chi connectivity index (χ3n) is 1.96. The number of hydrogen-bond acceptors (Lipinski definition) is 1. The Morgan fingerprint density at radius 2 is 2.60 bits per heavy atom. The van der Waals surface area contributed by atoms with Crippen molar-refractivity contribution >= 4 is 5.91 Å². The fraction of sp³-hybridized carbons (Fsp3) is 0.375. The first-order chi connectivity index (χ1) is 4.88. The summed E-state index contributed by atoms with van der Waals surface area (Å²) in [7, 11) is 0. The Bertz CT molecular complexity index is 217. The predicted molar refractivity (Wildman–Crippen MR) is 36.9 cm³/mol. The van der Waals surface area contributed by atoms with Crippen LogP contribution >= 0.6 is 0 Å². The molecule has 51 valence electrons. The minimum Gasteiger partial charge on any atom is -0.355 e. The highest BCUT2D eigenvalue weighted by Gasteiger charge is 2.31. The molecule has 1 amide bonds. The van der Waals surface area contributed by atoms with E-state index in [0.717, 1.165) is 6.54 Å². The molecule has 2 heteroatoms. The summed E-state index contributed by atoms with van der Waals surface area (Å²) < 4.78 is 0. The molecule has 2 nitrogen and oxygen atoms in total. The second-order valence-corrected chi connectivity index (χ2v) is 2.60. The fourth-order valence-electron chi connectivity index (χ4n) is 1.38. The van der Waals surface area contributed by atoms with Crippen molar-refractivity contribution in [3.63, 3.8) is 0 Å². The molecule has 1 fully saturated rings. The van der Waals surface area contributed by atoms with Gasteiger partial charge in [0.15, 0.2) is 0 Å².